The molecule has 0 amide bonds. The zero-order chi connectivity index (χ0) is 11.5. The lowest BCUT2D eigenvalue weighted by atomic mass is 10.1. The summed E-state index contributed by atoms with van der Waals surface area (Å²) in [4.78, 5) is 4.27. The van der Waals surface area contributed by atoms with E-state index in [1.54, 1.807) is 0 Å². The zero-order valence-corrected chi connectivity index (χ0v) is 10.3. The number of amidine groups is 1. The molecule has 1 aliphatic rings. The molecule has 1 N–H and O–H groups in total. The van der Waals surface area contributed by atoms with Crippen molar-refractivity contribution in [2.45, 2.75) is 13.8 Å². The summed E-state index contributed by atoms with van der Waals surface area (Å²) < 4.78 is 5.65. The fraction of sp³-hybridized carbons (Fsp3) is 0.417. The number of aliphatic imine (C=N–C) groups is 1. The van der Waals surface area contributed by atoms with Crippen molar-refractivity contribution in [3.05, 3.63) is 28.3 Å². The van der Waals surface area contributed by atoms with Crippen LogP contribution in [-0.2, 0) is 0 Å². The van der Waals surface area contributed by atoms with Crippen LogP contribution in [0.3, 0.4) is 0 Å². The molecule has 2 rings (SSSR count). The normalized spacial score (nSPS) is 14.6. The Balaban J connectivity index is 2.04. The Labute approximate surface area is 100 Å². The standard InChI is InChI=1S/C12H15ClN2O/c1-8-5-10(6-9(2)12(8)13)16-7-11-14-3-4-15-11/h5-6H,3-4,7H2,1-2H3,(H,14,15). The fourth-order valence-electron chi connectivity index (χ4n) is 1.68. The van der Waals surface area contributed by atoms with Gasteiger partial charge in [-0.05, 0) is 37.1 Å². The first-order chi connectivity index (χ1) is 7.66. The van der Waals surface area contributed by atoms with Gasteiger partial charge in [0.25, 0.3) is 0 Å². The molecule has 86 valence electrons. The second-order valence-electron chi connectivity index (χ2n) is 3.91. The van der Waals surface area contributed by atoms with E-state index in [-0.39, 0.29) is 0 Å². The molecule has 0 saturated carbocycles. The average Bonchev–Trinajstić information content (AvgIpc) is 2.75. The molecule has 1 aromatic carbocycles. The number of rotatable bonds is 3. The molecular formula is C12H15ClN2O. The first-order valence-corrected chi connectivity index (χ1v) is 5.71. The maximum atomic E-state index is 6.09. The van der Waals surface area contributed by atoms with Crippen LogP contribution in [0.15, 0.2) is 17.1 Å². The second kappa shape index (κ2) is 4.74. The van der Waals surface area contributed by atoms with Crippen molar-refractivity contribution < 1.29 is 4.74 Å². The van der Waals surface area contributed by atoms with Crippen LogP contribution in [0.5, 0.6) is 5.75 Å². The van der Waals surface area contributed by atoms with Gasteiger partial charge >= 0.3 is 0 Å². The van der Waals surface area contributed by atoms with Gasteiger partial charge in [-0.2, -0.15) is 0 Å². The van der Waals surface area contributed by atoms with Crippen molar-refractivity contribution >= 4 is 17.4 Å². The van der Waals surface area contributed by atoms with E-state index in [0.29, 0.717) is 6.61 Å². The molecule has 3 nitrogen and oxygen atoms in total. The van der Waals surface area contributed by atoms with Crippen molar-refractivity contribution in [1.82, 2.24) is 5.32 Å². The molecule has 0 spiro atoms. The van der Waals surface area contributed by atoms with Gasteiger partial charge in [-0.1, -0.05) is 11.6 Å². The van der Waals surface area contributed by atoms with E-state index in [1.165, 1.54) is 0 Å². The maximum Gasteiger partial charge on any atom is 0.145 e. The van der Waals surface area contributed by atoms with E-state index < -0.39 is 0 Å². The number of benzene rings is 1. The molecular weight excluding hydrogens is 224 g/mol. The Hall–Kier alpha value is -1.22. The highest BCUT2D eigenvalue weighted by atomic mass is 35.5. The van der Waals surface area contributed by atoms with Crippen LogP contribution in [-0.4, -0.2) is 25.5 Å². The van der Waals surface area contributed by atoms with Crippen molar-refractivity contribution in [3.63, 3.8) is 0 Å². The van der Waals surface area contributed by atoms with Crippen LogP contribution >= 0.6 is 11.6 Å². The molecule has 0 bridgehead atoms. The highest BCUT2D eigenvalue weighted by molar-refractivity contribution is 6.32. The molecule has 4 heteroatoms. The Bertz CT molecular complexity index is 406. The third-order valence-electron chi connectivity index (χ3n) is 2.53. The van der Waals surface area contributed by atoms with Crippen LogP contribution in [0, 0.1) is 13.8 Å². The molecule has 0 atom stereocenters. The van der Waals surface area contributed by atoms with Crippen LogP contribution in [0.25, 0.3) is 0 Å². The Kier molecular flexibility index (Phi) is 3.34. The van der Waals surface area contributed by atoms with Gasteiger partial charge in [-0.25, -0.2) is 0 Å². The second-order valence-corrected chi connectivity index (χ2v) is 4.29. The number of nitrogens with zero attached hydrogens (tertiary/aromatic N) is 1. The predicted molar refractivity (Wildman–Crippen MR) is 66.7 cm³/mol. The quantitative estimate of drug-likeness (QED) is 0.877. The van der Waals surface area contributed by atoms with Gasteiger partial charge in [0, 0.05) is 11.6 Å². The summed E-state index contributed by atoms with van der Waals surface area (Å²) in [5.74, 6) is 1.76. The summed E-state index contributed by atoms with van der Waals surface area (Å²) in [5, 5.41) is 3.98. The van der Waals surface area contributed by atoms with Gasteiger partial charge in [0.2, 0.25) is 0 Å². The van der Waals surface area contributed by atoms with Gasteiger partial charge < -0.3 is 10.1 Å². The maximum absolute atomic E-state index is 6.09. The van der Waals surface area contributed by atoms with E-state index in [1.807, 2.05) is 26.0 Å². The SMILES string of the molecule is Cc1cc(OCC2=NCCN2)cc(C)c1Cl. The number of ether oxygens (including phenoxy) is 1. The molecule has 0 aromatic heterocycles. The molecule has 1 aromatic rings. The van der Waals surface area contributed by atoms with Gasteiger partial charge in [-0.3, -0.25) is 4.99 Å². The van der Waals surface area contributed by atoms with Crippen molar-refractivity contribution in [1.29, 1.82) is 0 Å². The fourth-order valence-corrected chi connectivity index (χ4v) is 1.79. The lowest BCUT2D eigenvalue weighted by Crippen LogP contribution is -2.24. The minimum absolute atomic E-state index is 0.501. The predicted octanol–water partition coefficient (Wildman–Crippen LogP) is 2.34. The molecule has 0 fully saturated rings. The third kappa shape index (κ3) is 2.47. The van der Waals surface area contributed by atoms with Crippen LogP contribution < -0.4 is 10.1 Å². The van der Waals surface area contributed by atoms with Crippen molar-refractivity contribution in [2.75, 3.05) is 19.7 Å². The highest BCUT2D eigenvalue weighted by Crippen LogP contribution is 2.25. The summed E-state index contributed by atoms with van der Waals surface area (Å²) in [6.07, 6.45) is 0. The zero-order valence-electron chi connectivity index (χ0n) is 9.51. The minimum Gasteiger partial charge on any atom is -0.486 e. The molecule has 0 aliphatic carbocycles. The molecule has 0 saturated heterocycles. The van der Waals surface area contributed by atoms with E-state index >= 15 is 0 Å². The minimum atomic E-state index is 0.501. The Morgan fingerprint density at radius 3 is 2.62 bits per heavy atom. The van der Waals surface area contributed by atoms with Gasteiger partial charge in [-0.15, -0.1) is 0 Å². The molecule has 0 radical (unpaired) electrons. The first-order valence-electron chi connectivity index (χ1n) is 5.33. The topological polar surface area (TPSA) is 33.6 Å². The summed E-state index contributed by atoms with van der Waals surface area (Å²) in [6.45, 7) is 6.22. The number of nitrogens with one attached hydrogen (secondary N) is 1. The first kappa shape index (κ1) is 11.3. The van der Waals surface area contributed by atoms with E-state index in [9.17, 15) is 0 Å². The van der Waals surface area contributed by atoms with E-state index in [2.05, 4.69) is 10.3 Å². The molecule has 1 aliphatic heterocycles. The van der Waals surface area contributed by atoms with Gasteiger partial charge in [0.05, 0.1) is 6.54 Å². The highest BCUT2D eigenvalue weighted by Gasteiger charge is 2.07. The Morgan fingerprint density at radius 1 is 1.38 bits per heavy atom. The van der Waals surface area contributed by atoms with Crippen LogP contribution in [0.1, 0.15) is 11.1 Å². The number of aryl methyl sites for hydroxylation is 2. The molecule has 1 heterocycles. The van der Waals surface area contributed by atoms with E-state index in [0.717, 1.165) is 40.8 Å². The average molecular weight is 239 g/mol. The molecule has 0 unspecified atom stereocenters. The summed E-state index contributed by atoms with van der Waals surface area (Å²) >= 11 is 6.09. The smallest absolute Gasteiger partial charge is 0.145 e. The lowest BCUT2D eigenvalue weighted by molar-refractivity contribution is 0.373. The summed E-state index contributed by atoms with van der Waals surface area (Å²) in [5.41, 5.74) is 2.08. The largest absolute Gasteiger partial charge is 0.486 e. The van der Waals surface area contributed by atoms with E-state index in [4.69, 9.17) is 16.3 Å². The third-order valence-corrected chi connectivity index (χ3v) is 3.13. The Morgan fingerprint density at radius 2 is 2.06 bits per heavy atom. The molecule has 16 heavy (non-hydrogen) atoms. The number of hydrogen-bond acceptors (Lipinski definition) is 3. The van der Waals surface area contributed by atoms with Crippen LogP contribution in [0.4, 0.5) is 0 Å². The van der Waals surface area contributed by atoms with Gasteiger partial charge in [0.15, 0.2) is 0 Å². The number of halogens is 1. The summed E-state index contributed by atoms with van der Waals surface area (Å²) in [7, 11) is 0. The van der Waals surface area contributed by atoms with Crippen LogP contribution in [0.2, 0.25) is 5.02 Å². The van der Waals surface area contributed by atoms with Crippen molar-refractivity contribution in [2.24, 2.45) is 4.99 Å². The van der Waals surface area contributed by atoms with Gasteiger partial charge in [0.1, 0.15) is 18.2 Å². The monoisotopic (exact) mass is 238 g/mol. The van der Waals surface area contributed by atoms with Crippen molar-refractivity contribution in [3.8, 4) is 5.75 Å². The summed E-state index contributed by atoms with van der Waals surface area (Å²) in [6, 6.07) is 3.90. The lowest BCUT2D eigenvalue weighted by Gasteiger charge is -2.10. The number of hydrogen-bond donors (Lipinski definition) is 1.